The van der Waals surface area contributed by atoms with E-state index >= 15 is 0 Å². The Bertz CT molecular complexity index is 770. The van der Waals surface area contributed by atoms with Gasteiger partial charge in [-0.3, -0.25) is 0 Å². The number of carbonyl (C=O) groups is 1. The molecule has 134 valence electrons. The van der Waals surface area contributed by atoms with E-state index in [1.807, 2.05) is 6.07 Å². The molecule has 2 rings (SSSR count). The molecule has 8 nitrogen and oxygen atoms in total. The standard InChI is InChI=1S/C16H19ClN4O4/c1-4-25-15(22)13-12(18)14(21-16(17)20-13)19-8-9-5-6-10(23-2)7-11(9)24-3/h5-7H,4,8,18H2,1-3H3,(H,19,20,21). The number of halogens is 1. The van der Waals surface area contributed by atoms with Crippen LogP contribution in [0, 0.1) is 0 Å². The Morgan fingerprint density at radius 3 is 2.68 bits per heavy atom. The topological polar surface area (TPSA) is 109 Å². The molecule has 0 bridgehead atoms. The lowest BCUT2D eigenvalue weighted by Gasteiger charge is -2.14. The van der Waals surface area contributed by atoms with Gasteiger partial charge in [0.1, 0.15) is 17.2 Å². The smallest absolute Gasteiger partial charge is 0.359 e. The van der Waals surface area contributed by atoms with E-state index in [-0.39, 0.29) is 29.1 Å². The van der Waals surface area contributed by atoms with Gasteiger partial charge < -0.3 is 25.3 Å². The largest absolute Gasteiger partial charge is 0.497 e. The second-order valence-corrected chi connectivity index (χ2v) is 5.19. The van der Waals surface area contributed by atoms with E-state index < -0.39 is 5.97 Å². The molecular formula is C16H19ClN4O4. The Hall–Kier alpha value is -2.74. The lowest BCUT2D eigenvalue weighted by Crippen LogP contribution is -2.15. The number of nitrogen functional groups attached to an aromatic ring is 1. The number of anilines is 2. The van der Waals surface area contributed by atoms with Crippen molar-refractivity contribution < 1.29 is 19.0 Å². The number of carbonyl (C=O) groups excluding carboxylic acids is 1. The minimum absolute atomic E-state index is 0.0651. The van der Waals surface area contributed by atoms with Gasteiger partial charge in [-0.15, -0.1) is 0 Å². The number of nitrogens with two attached hydrogens (primary N) is 1. The quantitative estimate of drug-likeness (QED) is 0.568. The van der Waals surface area contributed by atoms with Crippen molar-refractivity contribution in [3.63, 3.8) is 0 Å². The molecule has 1 aromatic carbocycles. The van der Waals surface area contributed by atoms with Gasteiger partial charge in [-0.25, -0.2) is 9.78 Å². The van der Waals surface area contributed by atoms with Crippen LogP contribution in [-0.2, 0) is 11.3 Å². The molecule has 0 fully saturated rings. The summed E-state index contributed by atoms with van der Waals surface area (Å²) in [6.07, 6.45) is 0. The molecule has 0 saturated carbocycles. The summed E-state index contributed by atoms with van der Waals surface area (Å²) in [6, 6.07) is 5.41. The molecule has 2 aromatic rings. The normalized spacial score (nSPS) is 10.2. The van der Waals surface area contributed by atoms with E-state index in [4.69, 9.17) is 31.5 Å². The monoisotopic (exact) mass is 366 g/mol. The lowest BCUT2D eigenvalue weighted by molar-refractivity contribution is 0.0520. The fourth-order valence-corrected chi connectivity index (χ4v) is 2.28. The molecule has 0 unspecified atom stereocenters. The van der Waals surface area contributed by atoms with Crippen LogP contribution in [0.5, 0.6) is 11.5 Å². The number of benzene rings is 1. The summed E-state index contributed by atoms with van der Waals surface area (Å²) in [4.78, 5) is 19.8. The van der Waals surface area contributed by atoms with E-state index in [9.17, 15) is 4.79 Å². The molecule has 0 aliphatic rings. The second-order valence-electron chi connectivity index (χ2n) is 4.86. The van der Waals surface area contributed by atoms with Crippen LogP contribution < -0.4 is 20.5 Å². The number of aromatic nitrogens is 2. The zero-order valence-corrected chi connectivity index (χ0v) is 14.9. The highest BCUT2D eigenvalue weighted by molar-refractivity contribution is 6.28. The first-order valence-corrected chi connectivity index (χ1v) is 7.82. The number of esters is 1. The summed E-state index contributed by atoms with van der Waals surface area (Å²) < 4.78 is 15.4. The van der Waals surface area contributed by atoms with Gasteiger partial charge >= 0.3 is 5.97 Å². The highest BCUT2D eigenvalue weighted by Gasteiger charge is 2.19. The summed E-state index contributed by atoms with van der Waals surface area (Å²) in [7, 11) is 3.14. The van der Waals surface area contributed by atoms with Gasteiger partial charge in [-0.1, -0.05) is 0 Å². The number of nitrogens with zero attached hydrogens (tertiary/aromatic N) is 2. The minimum atomic E-state index is -0.658. The third kappa shape index (κ3) is 4.42. The molecule has 3 N–H and O–H groups in total. The van der Waals surface area contributed by atoms with E-state index in [1.165, 1.54) is 0 Å². The Morgan fingerprint density at radius 1 is 1.28 bits per heavy atom. The first kappa shape index (κ1) is 18.6. The van der Waals surface area contributed by atoms with E-state index in [1.54, 1.807) is 33.3 Å². The lowest BCUT2D eigenvalue weighted by atomic mass is 10.2. The van der Waals surface area contributed by atoms with Gasteiger partial charge in [-0.05, 0) is 30.7 Å². The summed E-state index contributed by atoms with van der Waals surface area (Å²) in [5.74, 6) is 0.890. The highest BCUT2D eigenvalue weighted by Crippen LogP contribution is 2.27. The molecule has 0 saturated heterocycles. The van der Waals surface area contributed by atoms with Crippen LogP contribution in [0.3, 0.4) is 0 Å². The maximum Gasteiger partial charge on any atom is 0.359 e. The fraction of sp³-hybridized carbons (Fsp3) is 0.312. The fourth-order valence-electron chi connectivity index (χ4n) is 2.11. The van der Waals surface area contributed by atoms with E-state index in [0.717, 1.165) is 5.56 Å². The SMILES string of the molecule is CCOC(=O)c1nc(Cl)nc(NCc2ccc(OC)cc2OC)c1N. The Balaban J connectivity index is 2.25. The maximum absolute atomic E-state index is 11.9. The van der Waals surface area contributed by atoms with Crippen LogP contribution in [0.4, 0.5) is 11.5 Å². The van der Waals surface area contributed by atoms with Gasteiger partial charge in [0.2, 0.25) is 5.28 Å². The summed E-state index contributed by atoms with van der Waals surface area (Å²) in [6.45, 7) is 2.23. The minimum Gasteiger partial charge on any atom is -0.497 e. The van der Waals surface area contributed by atoms with Gasteiger partial charge in [0.05, 0.1) is 20.8 Å². The van der Waals surface area contributed by atoms with Crippen LogP contribution in [0.25, 0.3) is 0 Å². The van der Waals surface area contributed by atoms with Crippen LogP contribution in [0.2, 0.25) is 5.28 Å². The Morgan fingerprint density at radius 2 is 2.04 bits per heavy atom. The van der Waals surface area contributed by atoms with E-state index in [0.29, 0.717) is 18.0 Å². The zero-order chi connectivity index (χ0) is 18.4. The van der Waals surface area contributed by atoms with Crippen molar-refractivity contribution in [2.45, 2.75) is 13.5 Å². The second kappa shape index (κ2) is 8.39. The van der Waals surface area contributed by atoms with Crippen LogP contribution in [-0.4, -0.2) is 36.8 Å². The zero-order valence-electron chi connectivity index (χ0n) is 14.1. The molecule has 0 aliphatic heterocycles. The maximum atomic E-state index is 11.9. The first-order chi connectivity index (χ1) is 12.0. The molecule has 0 aliphatic carbocycles. The van der Waals surface area contributed by atoms with Crippen molar-refractivity contribution in [3.05, 3.63) is 34.7 Å². The van der Waals surface area contributed by atoms with Crippen molar-refractivity contribution in [1.82, 2.24) is 9.97 Å². The average Bonchev–Trinajstić information content (AvgIpc) is 2.62. The Kier molecular flexibility index (Phi) is 6.24. The van der Waals surface area contributed by atoms with Gasteiger partial charge in [0.25, 0.3) is 0 Å². The number of hydrogen-bond acceptors (Lipinski definition) is 8. The van der Waals surface area contributed by atoms with Gasteiger partial charge in [0, 0.05) is 18.2 Å². The van der Waals surface area contributed by atoms with Gasteiger partial charge in [0.15, 0.2) is 11.5 Å². The van der Waals surface area contributed by atoms with E-state index in [2.05, 4.69) is 15.3 Å². The molecule has 0 amide bonds. The molecule has 0 atom stereocenters. The van der Waals surface area contributed by atoms with Gasteiger partial charge in [-0.2, -0.15) is 4.98 Å². The van der Waals surface area contributed by atoms with Crippen molar-refractivity contribution in [2.75, 3.05) is 31.9 Å². The van der Waals surface area contributed by atoms with Crippen molar-refractivity contribution in [2.24, 2.45) is 0 Å². The number of rotatable bonds is 7. The predicted octanol–water partition coefficient (Wildman–Crippen LogP) is 2.52. The number of ether oxygens (including phenoxy) is 3. The molecule has 0 radical (unpaired) electrons. The average molecular weight is 367 g/mol. The first-order valence-electron chi connectivity index (χ1n) is 7.45. The predicted molar refractivity (Wildman–Crippen MR) is 94.3 cm³/mol. The molecular weight excluding hydrogens is 348 g/mol. The molecule has 25 heavy (non-hydrogen) atoms. The third-order valence-corrected chi connectivity index (χ3v) is 3.50. The Labute approximate surface area is 150 Å². The number of hydrogen-bond donors (Lipinski definition) is 2. The van der Waals surface area contributed by atoms with Crippen LogP contribution in [0.1, 0.15) is 23.0 Å². The summed E-state index contributed by atoms with van der Waals surface area (Å²) in [5.41, 5.74) is 6.80. The number of nitrogens with one attached hydrogen (secondary N) is 1. The molecule has 1 aromatic heterocycles. The number of methoxy groups -OCH3 is 2. The summed E-state index contributed by atoms with van der Waals surface area (Å²) in [5, 5.41) is 2.92. The highest BCUT2D eigenvalue weighted by atomic mass is 35.5. The van der Waals surface area contributed by atoms with Crippen LogP contribution in [0.15, 0.2) is 18.2 Å². The van der Waals surface area contributed by atoms with Crippen molar-refractivity contribution in [1.29, 1.82) is 0 Å². The summed E-state index contributed by atoms with van der Waals surface area (Å²) >= 11 is 5.88. The molecule has 0 spiro atoms. The molecule has 9 heteroatoms. The molecule has 1 heterocycles. The van der Waals surface area contributed by atoms with Crippen molar-refractivity contribution in [3.8, 4) is 11.5 Å². The van der Waals surface area contributed by atoms with Crippen LogP contribution >= 0.6 is 11.6 Å². The third-order valence-electron chi connectivity index (χ3n) is 3.33. The van der Waals surface area contributed by atoms with Crippen molar-refractivity contribution >= 4 is 29.1 Å².